The molecule has 4 heteroatoms. The molecule has 0 aliphatic carbocycles. The van der Waals surface area contributed by atoms with Crippen LogP contribution in [0.25, 0.3) is 5.57 Å². The Kier molecular flexibility index (Phi) is 3.86. The molecule has 0 spiro atoms. The predicted molar refractivity (Wildman–Crippen MR) is 76.4 cm³/mol. The third-order valence-electron chi connectivity index (χ3n) is 3.51. The summed E-state index contributed by atoms with van der Waals surface area (Å²) in [7, 11) is 0. The van der Waals surface area contributed by atoms with Crippen LogP contribution in [-0.4, -0.2) is 22.5 Å². The molecule has 1 aromatic carbocycles. The number of esters is 1. The Hall–Kier alpha value is -1.81. The fraction of sp³-hybridized carbons (Fsp3) is 0.438. The number of aliphatic hydroxyl groups is 1. The lowest BCUT2D eigenvalue weighted by Crippen LogP contribution is -2.10. The van der Waals surface area contributed by atoms with Gasteiger partial charge in [0.2, 0.25) is 6.29 Å². The van der Waals surface area contributed by atoms with E-state index in [2.05, 4.69) is 0 Å². The van der Waals surface area contributed by atoms with Crippen molar-refractivity contribution in [1.82, 2.24) is 0 Å². The van der Waals surface area contributed by atoms with Crippen molar-refractivity contribution in [2.24, 2.45) is 0 Å². The number of hydrogen-bond acceptors (Lipinski definition) is 4. The molecule has 2 rings (SSSR count). The van der Waals surface area contributed by atoms with Gasteiger partial charge >= 0.3 is 5.97 Å². The number of carbonyl (C=O) groups excluding carboxylic acids is 1. The van der Waals surface area contributed by atoms with Crippen LogP contribution in [0.4, 0.5) is 0 Å². The fourth-order valence-corrected chi connectivity index (χ4v) is 2.36. The van der Waals surface area contributed by atoms with Gasteiger partial charge in [0.15, 0.2) is 0 Å². The van der Waals surface area contributed by atoms with Crippen LogP contribution in [0, 0.1) is 0 Å². The number of ether oxygens (including phenoxy) is 1. The first-order valence-corrected chi connectivity index (χ1v) is 6.78. The zero-order valence-corrected chi connectivity index (χ0v) is 12.2. The second kappa shape index (κ2) is 5.29. The minimum absolute atomic E-state index is 0.142. The molecule has 20 heavy (non-hydrogen) atoms. The molecule has 4 nitrogen and oxygen atoms in total. The van der Waals surface area contributed by atoms with Crippen molar-refractivity contribution in [3.63, 3.8) is 0 Å². The Morgan fingerprint density at radius 2 is 1.60 bits per heavy atom. The zero-order chi connectivity index (χ0) is 15.0. The van der Waals surface area contributed by atoms with Gasteiger partial charge in [-0.15, -0.1) is 0 Å². The van der Waals surface area contributed by atoms with Crippen LogP contribution in [0.2, 0.25) is 0 Å². The largest absolute Gasteiger partial charge is 0.507 e. The van der Waals surface area contributed by atoms with Gasteiger partial charge in [-0.2, -0.15) is 0 Å². The molecule has 1 aliphatic heterocycles. The Morgan fingerprint density at radius 3 is 1.95 bits per heavy atom. The van der Waals surface area contributed by atoms with Crippen molar-refractivity contribution >= 4 is 11.5 Å². The number of hydrogen-bond donors (Lipinski definition) is 2. The normalized spacial score (nSPS) is 18.6. The molecule has 1 aromatic rings. The van der Waals surface area contributed by atoms with Gasteiger partial charge in [-0.25, -0.2) is 4.79 Å². The van der Waals surface area contributed by atoms with Crippen LogP contribution in [-0.2, 0) is 9.53 Å². The molecule has 0 amide bonds. The number of cyclic esters (lactones) is 1. The zero-order valence-electron chi connectivity index (χ0n) is 12.2. The number of rotatable bonds is 3. The lowest BCUT2D eigenvalue weighted by Gasteiger charge is -2.18. The molecule has 1 heterocycles. The lowest BCUT2D eigenvalue weighted by molar-refractivity contribution is -0.149. The third-order valence-corrected chi connectivity index (χ3v) is 3.51. The first-order chi connectivity index (χ1) is 9.31. The molecule has 0 radical (unpaired) electrons. The van der Waals surface area contributed by atoms with Crippen molar-refractivity contribution in [3.8, 4) is 5.75 Å². The number of carbonyl (C=O) groups is 1. The molecule has 1 aliphatic rings. The van der Waals surface area contributed by atoms with Gasteiger partial charge in [0.25, 0.3) is 0 Å². The summed E-state index contributed by atoms with van der Waals surface area (Å²) in [5.74, 6) is 0.0308. The van der Waals surface area contributed by atoms with Crippen LogP contribution in [0.1, 0.15) is 56.2 Å². The van der Waals surface area contributed by atoms with Crippen molar-refractivity contribution in [1.29, 1.82) is 0 Å². The molecule has 0 saturated heterocycles. The summed E-state index contributed by atoms with van der Waals surface area (Å²) in [6.07, 6.45) is 0.0673. The van der Waals surface area contributed by atoms with Crippen LogP contribution in [0.5, 0.6) is 5.75 Å². The standard InChI is InChI=1S/C16H20O4/c1-8(2)11-5-10(6-12(9(3)4)15(11)18)13-7-14(17)20-16(13)19/h5-9,16,18-19H,1-4H3. The van der Waals surface area contributed by atoms with Gasteiger partial charge in [-0.1, -0.05) is 27.7 Å². The minimum Gasteiger partial charge on any atom is -0.507 e. The van der Waals surface area contributed by atoms with Gasteiger partial charge in [-0.3, -0.25) is 0 Å². The van der Waals surface area contributed by atoms with E-state index in [1.807, 2.05) is 39.8 Å². The second-order valence-electron chi connectivity index (χ2n) is 5.70. The molecule has 0 saturated carbocycles. The highest BCUT2D eigenvalue weighted by Crippen LogP contribution is 2.38. The third kappa shape index (κ3) is 2.56. The first kappa shape index (κ1) is 14.6. The summed E-state index contributed by atoms with van der Waals surface area (Å²) in [6, 6.07) is 3.62. The van der Waals surface area contributed by atoms with Gasteiger partial charge in [0.1, 0.15) is 5.75 Å². The van der Waals surface area contributed by atoms with Gasteiger partial charge < -0.3 is 14.9 Å². The van der Waals surface area contributed by atoms with Crippen molar-refractivity contribution in [2.45, 2.75) is 45.8 Å². The number of phenols is 1. The number of aliphatic hydroxyl groups excluding tert-OH is 1. The Bertz CT molecular complexity index is 541. The first-order valence-electron chi connectivity index (χ1n) is 6.78. The van der Waals surface area contributed by atoms with Crippen molar-refractivity contribution < 1.29 is 19.7 Å². The molecule has 2 N–H and O–H groups in total. The molecule has 1 unspecified atom stereocenters. The summed E-state index contributed by atoms with van der Waals surface area (Å²) < 4.78 is 4.72. The molecular formula is C16H20O4. The predicted octanol–water partition coefficient (Wildman–Crippen LogP) is 2.90. The quantitative estimate of drug-likeness (QED) is 0.833. The summed E-state index contributed by atoms with van der Waals surface area (Å²) in [5.41, 5.74) is 2.77. The maximum Gasteiger partial charge on any atom is 0.333 e. The van der Waals surface area contributed by atoms with E-state index >= 15 is 0 Å². The maximum absolute atomic E-state index is 11.2. The smallest absolute Gasteiger partial charge is 0.333 e. The van der Waals surface area contributed by atoms with Crippen molar-refractivity contribution in [3.05, 3.63) is 34.9 Å². The van der Waals surface area contributed by atoms with E-state index in [1.165, 1.54) is 6.08 Å². The van der Waals surface area contributed by atoms with E-state index in [0.717, 1.165) is 11.1 Å². The molecule has 1 atom stereocenters. The SMILES string of the molecule is CC(C)c1cc(C2=CC(=O)OC2O)cc(C(C)C)c1O. The van der Waals surface area contributed by atoms with Crippen LogP contribution >= 0.6 is 0 Å². The van der Waals surface area contributed by atoms with Gasteiger partial charge in [-0.05, 0) is 40.7 Å². The number of aromatic hydroxyl groups is 1. The molecular weight excluding hydrogens is 256 g/mol. The van der Waals surface area contributed by atoms with Crippen molar-refractivity contribution in [2.75, 3.05) is 0 Å². The van der Waals surface area contributed by atoms with Crippen LogP contribution in [0.3, 0.4) is 0 Å². The number of phenolic OH excluding ortho intramolecular Hbond substituents is 1. The maximum atomic E-state index is 11.2. The van der Waals surface area contributed by atoms with Crippen LogP contribution in [0.15, 0.2) is 18.2 Å². The average molecular weight is 276 g/mol. The fourth-order valence-electron chi connectivity index (χ4n) is 2.36. The van der Waals surface area contributed by atoms with Crippen LogP contribution < -0.4 is 0 Å². The lowest BCUT2D eigenvalue weighted by atomic mass is 9.89. The van der Waals surface area contributed by atoms with E-state index in [-0.39, 0.29) is 11.8 Å². The molecule has 108 valence electrons. The highest BCUT2D eigenvalue weighted by Gasteiger charge is 2.27. The van der Waals surface area contributed by atoms with Gasteiger partial charge in [0, 0.05) is 11.6 Å². The highest BCUT2D eigenvalue weighted by molar-refractivity contribution is 5.96. The Labute approximate surface area is 118 Å². The molecule has 0 bridgehead atoms. The summed E-state index contributed by atoms with van der Waals surface area (Å²) in [4.78, 5) is 11.2. The number of benzene rings is 1. The summed E-state index contributed by atoms with van der Waals surface area (Å²) in [5, 5.41) is 20.1. The second-order valence-corrected chi connectivity index (χ2v) is 5.70. The monoisotopic (exact) mass is 276 g/mol. The van der Waals surface area contributed by atoms with E-state index in [0.29, 0.717) is 16.9 Å². The summed E-state index contributed by atoms with van der Waals surface area (Å²) >= 11 is 0. The topological polar surface area (TPSA) is 66.8 Å². The van der Waals surface area contributed by atoms with E-state index in [1.54, 1.807) is 0 Å². The van der Waals surface area contributed by atoms with E-state index in [4.69, 9.17) is 4.74 Å². The molecule has 0 fully saturated rings. The minimum atomic E-state index is -1.23. The average Bonchev–Trinajstić information content (AvgIpc) is 2.68. The Balaban J connectivity index is 2.60. The Morgan fingerprint density at radius 1 is 1.10 bits per heavy atom. The van der Waals surface area contributed by atoms with E-state index < -0.39 is 12.3 Å². The summed E-state index contributed by atoms with van der Waals surface area (Å²) in [6.45, 7) is 7.96. The van der Waals surface area contributed by atoms with Gasteiger partial charge in [0.05, 0.1) is 0 Å². The highest BCUT2D eigenvalue weighted by atomic mass is 16.6. The van der Waals surface area contributed by atoms with E-state index in [9.17, 15) is 15.0 Å². The molecule has 0 aromatic heterocycles.